The lowest BCUT2D eigenvalue weighted by Crippen LogP contribution is -2.55. The zero-order chi connectivity index (χ0) is 23.2. The van der Waals surface area contributed by atoms with Crippen molar-refractivity contribution in [2.24, 2.45) is 0 Å². The van der Waals surface area contributed by atoms with Gasteiger partial charge in [-0.3, -0.25) is 0 Å². The number of aryl methyl sites for hydroxylation is 1. The highest BCUT2D eigenvalue weighted by atomic mass is 16.5. The fraction of sp³-hybridized carbons (Fsp3) is 0.462. The largest absolute Gasteiger partial charge is 0.497 e. The minimum Gasteiger partial charge on any atom is -0.497 e. The van der Waals surface area contributed by atoms with Crippen LogP contribution in [0.3, 0.4) is 0 Å². The van der Waals surface area contributed by atoms with Crippen LogP contribution in [0, 0.1) is 0 Å². The molecule has 33 heavy (non-hydrogen) atoms. The second-order valence-electron chi connectivity index (χ2n) is 8.94. The van der Waals surface area contributed by atoms with E-state index in [0.29, 0.717) is 24.5 Å². The Labute approximate surface area is 196 Å². The Morgan fingerprint density at radius 3 is 2.48 bits per heavy atom. The Kier molecular flexibility index (Phi) is 7.37. The zero-order valence-corrected chi connectivity index (χ0v) is 19.5. The van der Waals surface area contributed by atoms with Crippen LogP contribution in [-0.4, -0.2) is 61.2 Å². The molecular weight excluding hydrogens is 416 g/mol. The van der Waals surface area contributed by atoms with Crippen LogP contribution < -0.4 is 15.4 Å². The Balaban J connectivity index is 1.47. The Bertz CT molecular complexity index is 956. The third kappa shape index (κ3) is 5.78. The van der Waals surface area contributed by atoms with Gasteiger partial charge in [0, 0.05) is 49.9 Å². The number of nitrogens with zero attached hydrogens (tertiary/aromatic N) is 2. The van der Waals surface area contributed by atoms with Crippen LogP contribution in [0.5, 0.6) is 5.75 Å². The van der Waals surface area contributed by atoms with Gasteiger partial charge in [0.1, 0.15) is 5.75 Å². The summed E-state index contributed by atoms with van der Waals surface area (Å²) in [5.41, 5.74) is 3.18. The highest BCUT2D eigenvalue weighted by molar-refractivity contribution is 5.89. The number of urea groups is 2. The minimum absolute atomic E-state index is 0.0855. The fourth-order valence-electron chi connectivity index (χ4n) is 4.79. The second kappa shape index (κ2) is 10.6. The molecule has 176 valence electrons. The van der Waals surface area contributed by atoms with E-state index >= 15 is 0 Å². The number of hydrogen-bond acceptors (Lipinski definition) is 3. The molecule has 0 aromatic heterocycles. The van der Waals surface area contributed by atoms with Crippen molar-refractivity contribution in [2.75, 3.05) is 38.6 Å². The number of amides is 4. The SMILES string of the molecule is CCc1ccc(C2CC(NC(=O)Nc3cccc(OC)c3)CN(C(=O)N3CCCC3)C2)cc1. The molecule has 2 unspecified atom stereocenters. The number of rotatable bonds is 5. The number of methoxy groups -OCH3 is 1. The summed E-state index contributed by atoms with van der Waals surface area (Å²) in [6.45, 7) is 4.98. The smallest absolute Gasteiger partial charge is 0.320 e. The quantitative estimate of drug-likeness (QED) is 0.707. The Hall–Kier alpha value is -3.22. The van der Waals surface area contributed by atoms with Gasteiger partial charge in [-0.25, -0.2) is 9.59 Å². The summed E-state index contributed by atoms with van der Waals surface area (Å²) in [4.78, 5) is 29.8. The summed E-state index contributed by atoms with van der Waals surface area (Å²) in [5, 5.41) is 5.99. The van der Waals surface area contributed by atoms with Crippen molar-refractivity contribution in [1.82, 2.24) is 15.1 Å². The first-order valence-electron chi connectivity index (χ1n) is 11.9. The van der Waals surface area contributed by atoms with Crippen molar-refractivity contribution in [3.63, 3.8) is 0 Å². The second-order valence-corrected chi connectivity index (χ2v) is 8.94. The lowest BCUT2D eigenvalue weighted by Gasteiger charge is -2.40. The molecule has 4 amide bonds. The van der Waals surface area contributed by atoms with E-state index in [-0.39, 0.29) is 24.0 Å². The average Bonchev–Trinajstić information content (AvgIpc) is 3.38. The molecule has 2 N–H and O–H groups in total. The molecule has 7 heteroatoms. The Morgan fingerprint density at radius 2 is 1.79 bits per heavy atom. The molecule has 0 radical (unpaired) electrons. The number of hydrogen-bond donors (Lipinski definition) is 2. The van der Waals surface area contributed by atoms with Gasteiger partial charge in [0.25, 0.3) is 0 Å². The summed E-state index contributed by atoms with van der Waals surface area (Å²) in [6, 6.07) is 15.6. The summed E-state index contributed by atoms with van der Waals surface area (Å²) in [5.74, 6) is 0.863. The van der Waals surface area contributed by atoms with Crippen molar-refractivity contribution in [3.8, 4) is 5.75 Å². The normalized spacial score (nSPS) is 20.4. The van der Waals surface area contributed by atoms with Crippen LogP contribution in [0.1, 0.15) is 43.2 Å². The zero-order valence-electron chi connectivity index (χ0n) is 19.5. The molecule has 0 aliphatic carbocycles. The maximum absolute atomic E-state index is 13.2. The van der Waals surface area contributed by atoms with E-state index in [0.717, 1.165) is 38.8 Å². The van der Waals surface area contributed by atoms with Crippen LogP contribution >= 0.6 is 0 Å². The molecule has 0 bridgehead atoms. The molecule has 2 aromatic carbocycles. The van der Waals surface area contributed by atoms with Gasteiger partial charge in [0.05, 0.1) is 7.11 Å². The third-order valence-electron chi connectivity index (χ3n) is 6.62. The molecule has 0 saturated carbocycles. The number of ether oxygens (including phenoxy) is 1. The van der Waals surface area contributed by atoms with Crippen molar-refractivity contribution >= 4 is 17.7 Å². The maximum Gasteiger partial charge on any atom is 0.320 e. The van der Waals surface area contributed by atoms with E-state index in [4.69, 9.17) is 4.74 Å². The number of nitrogens with one attached hydrogen (secondary N) is 2. The van der Waals surface area contributed by atoms with Crippen molar-refractivity contribution < 1.29 is 14.3 Å². The van der Waals surface area contributed by atoms with Crippen molar-refractivity contribution in [2.45, 2.75) is 44.6 Å². The molecule has 2 aromatic rings. The summed E-state index contributed by atoms with van der Waals surface area (Å²) in [7, 11) is 1.60. The standard InChI is InChI=1S/C26H34N4O3/c1-3-19-9-11-20(12-10-19)21-15-23(18-30(17-21)26(32)29-13-4-5-14-29)28-25(31)27-22-7-6-8-24(16-22)33-2/h6-12,16,21,23H,3-5,13-15,17-18H2,1-2H3,(H2,27,28,31). The molecule has 0 spiro atoms. The monoisotopic (exact) mass is 450 g/mol. The number of carbonyl (C=O) groups excluding carboxylic acids is 2. The van der Waals surface area contributed by atoms with Crippen LogP contribution in [0.15, 0.2) is 48.5 Å². The number of anilines is 1. The average molecular weight is 451 g/mol. The van der Waals surface area contributed by atoms with E-state index in [1.54, 1.807) is 13.2 Å². The first-order chi connectivity index (χ1) is 16.1. The molecule has 2 fully saturated rings. The molecule has 7 nitrogen and oxygen atoms in total. The van der Waals surface area contributed by atoms with Gasteiger partial charge in [-0.15, -0.1) is 0 Å². The summed E-state index contributed by atoms with van der Waals surface area (Å²) in [6.07, 6.45) is 3.91. The first-order valence-corrected chi connectivity index (χ1v) is 11.9. The lowest BCUT2D eigenvalue weighted by atomic mass is 9.87. The van der Waals surface area contributed by atoms with Gasteiger partial charge in [-0.1, -0.05) is 37.3 Å². The van der Waals surface area contributed by atoms with Crippen LogP contribution in [-0.2, 0) is 6.42 Å². The van der Waals surface area contributed by atoms with Crippen LogP contribution in [0.4, 0.5) is 15.3 Å². The number of piperidine rings is 1. The first kappa shape index (κ1) is 23.0. The van der Waals surface area contributed by atoms with Crippen LogP contribution in [0.25, 0.3) is 0 Å². The predicted molar refractivity (Wildman–Crippen MR) is 130 cm³/mol. The van der Waals surface area contributed by atoms with Gasteiger partial charge in [0.2, 0.25) is 0 Å². The van der Waals surface area contributed by atoms with Gasteiger partial charge >= 0.3 is 12.1 Å². The fourth-order valence-corrected chi connectivity index (χ4v) is 4.79. The van der Waals surface area contributed by atoms with Crippen molar-refractivity contribution in [1.29, 1.82) is 0 Å². The van der Waals surface area contributed by atoms with Crippen molar-refractivity contribution in [3.05, 3.63) is 59.7 Å². The lowest BCUT2D eigenvalue weighted by molar-refractivity contribution is 0.136. The predicted octanol–water partition coefficient (Wildman–Crippen LogP) is 4.45. The number of carbonyl (C=O) groups is 2. The molecule has 2 saturated heterocycles. The number of benzene rings is 2. The molecule has 2 aliphatic heterocycles. The van der Waals surface area contributed by atoms with Gasteiger partial charge < -0.3 is 25.2 Å². The highest BCUT2D eigenvalue weighted by Gasteiger charge is 2.34. The van der Waals surface area contributed by atoms with Gasteiger partial charge in [-0.05, 0) is 48.9 Å². The number of likely N-dealkylation sites (tertiary alicyclic amines) is 2. The van der Waals surface area contributed by atoms with Crippen LogP contribution in [0.2, 0.25) is 0 Å². The summed E-state index contributed by atoms with van der Waals surface area (Å²) >= 11 is 0. The molecule has 2 heterocycles. The van der Waals surface area contributed by atoms with Gasteiger partial charge in [-0.2, -0.15) is 0 Å². The van der Waals surface area contributed by atoms with E-state index in [2.05, 4.69) is 41.8 Å². The molecule has 2 aliphatic rings. The van der Waals surface area contributed by atoms with E-state index < -0.39 is 0 Å². The maximum atomic E-state index is 13.2. The van der Waals surface area contributed by atoms with E-state index in [1.807, 2.05) is 28.0 Å². The summed E-state index contributed by atoms with van der Waals surface area (Å²) < 4.78 is 5.23. The Morgan fingerprint density at radius 1 is 1.03 bits per heavy atom. The topological polar surface area (TPSA) is 73.9 Å². The highest BCUT2D eigenvalue weighted by Crippen LogP contribution is 2.29. The van der Waals surface area contributed by atoms with Gasteiger partial charge in [0.15, 0.2) is 0 Å². The van der Waals surface area contributed by atoms with E-state index in [9.17, 15) is 9.59 Å². The minimum atomic E-state index is -0.274. The molecule has 2 atom stereocenters. The third-order valence-corrected chi connectivity index (χ3v) is 6.62. The molecular formula is C26H34N4O3. The van der Waals surface area contributed by atoms with E-state index in [1.165, 1.54) is 11.1 Å². The molecule has 4 rings (SSSR count).